The van der Waals surface area contributed by atoms with E-state index in [9.17, 15) is 19.7 Å². The molecule has 0 saturated carbocycles. The Morgan fingerprint density at radius 3 is 2.25 bits per heavy atom. The van der Waals surface area contributed by atoms with E-state index >= 15 is 0 Å². The maximum Gasteiger partial charge on any atom is 0.273 e. The number of methoxy groups -OCH3 is 2. The molecule has 0 aliphatic carbocycles. The van der Waals surface area contributed by atoms with Gasteiger partial charge in [-0.2, -0.15) is 0 Å². The van der Waals surface area contributed by atoms with Crippen LogP contribution in [0.2, 0.25) is 0 Å². The maximum absolute atomic E-state index is 12.5. The van der Waals surface area contributed by atoms with Crippen LogP contribution in [0.3, 0.4) is 0 Å². The third kappa shape index (κ3) is 3.59. The third-order valence-corrected chi connectivity index (χ3v) is 4.82. The van der Waals surface area contributed by atoms with Gasteiger partial charge in [0, 0.05) is 31.2 Å². The number of amides is 2. The summed E-state index contributed by atoms with van der Waals surface area (Å²) in [7, 11) is 2.98. The van der Waals surface area contributed by atoms with Crippen molar-refractivity contribution in [2.45, 2.75) is 12.3 Å². The summed E-state index contributed by atoms with van der Waals surface area (Å²) in [6, 6.07) is 11.2. The lowest BCUT2D eigenvalue weighted by atomic mass is 9.94. The van der Waals surface area contributed by atoms with Crippen molar-refractivity contribution < 1.29 is 24.0 Å². The Morgan fingerprint density at radius 2 is 1.71 bits per heavy atom. The fourth-order valence-corrected chi connectivity index (χ4v) is 3.41. The highest BCUT2D eigenvalue weighted by Gasteiger charge is 2.35. The van der Waals surface area contributed by atoms with Gasteiger partial charge in [0.05, 0.1) is 29.8 Å². The highest BCUT2D eigenvalue weighted by Crippen LogP contribution is 2.33. The third-order valence-electron chi connectivity index (χ3n) is 4.82. The summed E-state index contributed by atoms with van der Waals surface area (Å²) >= 11 is 0. The van der Waals surface area contributed by atoms with Gasteiger partial charge < -0.3 is 9.47 Å². The number of ether oxygens (including phenoxy) is 2. The second-order valence-electron chi connectivity index (χ2n) is 6.43. The van der Waals surface area contributed by atoms with E-state index in [0.29, 0.717) is 28.9 Å². The van der Waals surface area contributed by atoms with Crippen LogP contribution in [0.15, 0.2) is 42.5 Å². The average molecular weight is 384 g/mol. The van der Waals surface area contributed by atoms with Gasteiger partial charge in [0.1, 0.15) is 5.75 Å². The van der Waals surface area contributed by atoms with Gasteiger partial charge in [-0.1, -0.05) is 12.1 Å². The van der Waals surface area contributed by atoms with Crippen LogP contribution in [0.5, 0.6) is 5.75 Å². The number of nitro benzene ring substituents is 1. The van der Waals surface area contributed by atoms with Crippen molar-refractivity contribution >= 4 is 17.5 Å². The molecule has 2 amide bonds. The van der Waals surface area contributed by atoms with Crippen LogP contribution in [0, 0.1) is 10.1 Å². The average Bonchev–Trinajstić information content (AvgIpc) is 2.95. The molecule has 1 aliphatic rings. The SMILES string of the molecule is COCC(CCN1C(=O)c2ccccc2C1=O)c1cc(OC)ccc1[N+](=O)[O-]. The standard InChI is InChI=1S/C20H20N2O6/c1-27-12-13(17-11-14(28-2)7-8-18(17)22(25)26)9-10-21-19(23)15-5-3-4-6-16(15)20(21)24/h3-8,11,13H,9-10,12H2,1-2H3. The van der Waals surface area contributed by atoms with Crippen LogP contribution in [0.25, 0.3) is 0 Å². The number of hydrogen-bond acceptors (Lipinski definition) is 6. The van der Waals surface area contributed by atoms with Crippen LogP contribution in [0.1, 0.15) is 38.6 Å². The summed E-state index contributed by atoms with van der Waals surface area (Å²) in [4.78, 5) is 37.2. The first-order valence-corrected chi connectivity index (χ1v) is 8.74. The van der Waals surface area contributed by atoms with Crippen LogP contribution in [-0.2, 0) is 4.74 Å². The molecule has 1 unspecified atom stereocenters. The molecule has 0 aromatic heterocycles. The lowest BCUT2D eigenvalue weighted by Gasteiger charge is -2.20. The number of rotatable bonds is 8. The normalized spacial score (nSPS) is 14.1. The Bertz CT molecular complexity index is 892. The number of nitro groups is 1. The highest BCUT2D eigenvalue weighted by atomic mass is 16.6. The predicted octanol–water partition coefficient (Wildman–Crippen LogP) is 3.02. The summed E-state index contributed by atoms with van der Waals surface area (Å²) in [5.74, 6) is -0.596. The first-order valence-electron chi connectivity index (χ1n) is 8.74. The van der Waals surface area contributed by atoms with Gasteiger partial charge in [-0.05, 0) is 30.7 Å². The van der Waals surface area contributed by atoms with Crippen molar-refractivity contribution in [3.63, 3.8) is 0 Å². The number of hydrogen-bond donors (Lipinski definition) is 0. The smallest absolute Gasteiger partial charge is 0.273 e. The first kappa shape index (κ1) is 19.5. The van der Waals surface area contributed by atoms with E-state index in [2.05, 4.69) is 0 Å². The van der Waals surface area contributed by atoms with Gasteiger partial charge in [0.25, 0.3) is 17.5 Å². The van der Waals surface area contributed by atoms with E-state index in [1.165, 1.54) is 31.3 Å². The Balaban J connectivity index is 1.85. The molecular weight excluding hydrogens is 364 g/mol. The van der Waals surface area contributed by atoms with Crippen LogP contribution in [-0.4, -0.2) is 49.0 Å². The summed E-state index contributed by atoms with van der Waals surface area (Å²) in [5.41, 5.74) is 1.15. The van der Waals surface area contributed by atoms with Crippen molar-refractivity contribution in [2.24, 2.45) is 0 Å². The highest BCUT2D eigenvalue weighted by molar-refractivity contribution is 6.21. The van der Waals surface area contributed by atoms with Gasteiger partial charge >= 0.3 is 0 Å². The minimum absolute atomic E-state index is 0.0507. The number of nitrogens with zero attached hydrogens (tertiary/aromatic N) is 2. The number of carbonyl (C=O) groups is 2. The van der Waals surface area contributed by atoms with Crippen LogP contribution < -0.4 is 4.74 Å². The second kappa shape index (κ2) is 8.18. The van der Waals surface area contributed by atoms with Gasteiger partial charge in [-0.25, -0.2) is 0 Å². The minimum atomic E-state index is -0.459. The fourth-order valence-electron chi connectivity index (χ4n) is 3.41. The molecule has 1 heterocycles. The van der Waals surface area contributed by atoms with E-state index in [0.717, 1.165) is 0 Å². The Labute approximate surface area is 161 Å². The first-order chi connectivity index (χ1) is 13.5. The lowest BCUT2D eigenvalue weighted by Crippen LogP contribution is -2.32. The molecule has 28 heavy (non-hydrogen) atoms. The number of benzene rings is 2. The second-order valence-corrected chi connectivity index (χ2v) is 6.43. The fraction of sp³-hybridized carbons (Fsp3) is 0.300. The number of fused-ring (bicyclic) bond motifs is 1. The molecule has 8 nitrogen and oxygen atoms in total. The van der Waals surface area contributed by atoms with Crippen molar-refractivity contribution in [3.8, 4) is 5.75 Å². The summed E-state index contributed by atoms with van der Waals surface area (Å²) in [5, 5.41) is 11.4. The molecule has 1 aliphatic heterocycles. The van der Waals surface area contributed by atoms with Crippen molar-refractivity contribution in [1.82, 2.24) is 4.90 Å². The topological polar surface area (TPSA) is 99.0 Å². The molecule has 8 heteroatoms. The predicted molar refractivity (Wildman–Crippen MR) is 101 cm³/mol. The molecule has 2 aromatic rings. The Hall–Kier alpha value is -3.26. The largest absolute Gasteiger partial charge is 0.497 e. The summed E-state index contributed by atoms with van der Waals surface area (Å²) in [6.45, 7) is 0.339. The number of imide groups is 1. The van der Waals surface area contributed by atoms with Crippen LogP contribution in [0.4, 0.5) is 5.69 Å². The van der Waals surface area contributed by atoms with E-state index < -0.39 is 4.92 Å². The quantitative estimate of drug-likeness (QED) is 0.394. The molecule has 0 N–H and O–H groups in total. The van der Waals surface area contributed by atoms with Gasteiger partial charge in [0.2, 0.25) is 0 Å². The zero-order valence-corrected chi connectivity index (χ0v) is 15.6. The molecular formula is C20H20N2O6. The number of carbonyl (C=O) groups excluding carboxylic acids is 2. The molecule has 0 spiro atoms. The molecule has 2 aromatic carbocycles. The molecule has 0 radical (unpaired) electrons. The van der Waals surface area contributed by atoms with Crippen molar-refractivity contribution in [2.75, 3.05) is 27.4 Å². The molecule has 146 valence electrons. The van der Waals surface area contributed by atoms with Crippen LogP contribution >= 0.6 is 0 Å². The summed E-state index contributed by atoms with van der Waals surface area (Å²) < 4.78 is 10.4. The maximum atomic E-state index is 12.5. The zero-order valence-electron chi connectivity index (χ0n) is 15.6. The molecule has 3 rings (SSSR count). The van der Waals surface area contributed by atoms with Gasteiger partial charge in [-0.15, -0.1) is 0 Å². The van der Waals surface area contributed by atoms with Crippen molar-refractivity contribution in [1.29, 1.82) is 0 Å². The molecule has 0 fully saturated rings. The molecule has 1 atom stereocenters. The monoisotopic (exact) mass is 384 g/mol. The zero-order chi connectivity index (χ0) is 20.3. The lowest BCUT2D eigenvalue weighted by molar-refractivity contribution is -0.385. The molecule has 0 bridgehead atoms. The van der Waals surface area contributed by atoms with E-state index in [1.807, 2.05) is 0 Å². The summed E-state index contributed by atoms with van der Waals surface area (Å²) in [6.07, 6.45) is 0.327. The van der Waals surface area contributed by atoms with Crippen molar-refractivity contribution in [3.05, 3.63) is 69.3 Å². The van der Waals surface area contributed by atoms with E-state index in [-0.39, 0.29) is 36.6 Å². The van der Waals surface area contributed by atoms with E-state index in [4.69, 9.17) is 9.47 Å². The Morgan fingerprint density at radius 1 is 1.07 bits per heavy atom. The van der Waals surface area contributed by atoms with Gasteiger partial charge in [0.15, 0.2) is 0 Å². The van der Waals surface area contributed by atoms with E-state index in [1.54, 1.807) is 30.3 Å². The minimum Gasteiger partial charge on any atom is -0.497 e. The molecule has 0 saturated heterocycles. The Kier molecular flexibility index (Phi) is 5.70. The van der Waals surface area contributed by atoms with Gasteiger partial charge in [-0.3, -0.25) is 24.6 Å².